The molecule has 0 aromatic heterocycles. The lowest BCUT2D eigenvalue weighted by atomic mass is 9.82. The highest BCUT2D eigenvalue weighted by atomic mass is 19.4. The predicted molar refractivity (Wildman–Crippen MR) is 106 cm³/mol. The Morgan fingerprint density at radius 1 is 0.781 bits per heavy atom. The molecule has 160 valence electrons. The van der Waals surface area contributed by atoms with Crippen molar-refractivity contribution in [3.63, 3.8) is 0 Å². The highest BCUT2D eigenvalue weighted by Gasteiger charge is 2.34. The standard InChI is InChI=1S/C24H13F3O5/c25-24(26,27)14-6-3-5-13(11-14)19(28)12-32-23(31)18-10-4-9-17-20(18)22(30)16-8-2-1-7-15(16)21(17)29/h1-11H,12H2. The molecule has 0 spiro atoms. The highest BCUT2D eigenvalue weighted by Crippen LogP contribution is 2.31. The molecule has 1 aliphatic carbocycles. The molecule has 0 radical (unpaired) electrons. The van der Waals surface area contributed by atoms with E-state index in [0.717, 1.165) is 12.1 Å². The average Bonchev–Trinajstić information content (AvgIpc) is 2.79. The molecular formula is C24H13F3O5. The summed E-state index contributed by atoms with van der Waals surface area (Å²) in [6, 6.07) is 14.0. The fraction of sp³-hybridized carbons (Fsp3) is 0.0833. The van der Waals surface area contributed by atoms with E-state index in [0.29, 0.717) is 6.07 Å². The Morgan fingerprint density at radius 2 is 1.41 bits per heavy atom. The maximum absolute atomic E-state index is 12.9. The topological polar surface area (TPSA) is 77.5 Å². The third kappa shape index (κ3) is 3.71. The normalized spacial score (nSPS) is 12.7. The minimum absolute atomic E-state index is 0.0346. The number of fused-ring (bicyclic) bond motifs is 2. The molecule has 0 aliphatic heterocycles. The van der Waals surface area contributed by atoms with E-state index in [2.05, 4.69) is 0 Å². The van der Waals surface area contributed by atoms with Crippen molar-refractivity contribution >= 4 is 23.3 Å². The first kappa shape index (κ1) is 21.2. The summed E-state index contributed by atoms with van der Waals surface area (Å²) in [7, 11) is 0. The van der Waals surface area contributed by atoms with Gasteiger partial charge in [0.25, 0.3) is 0 Å². The van der Waals surface area contributed by atoms with Gasteiger partial charge in [0.05, 0.1) is 11.1 Å². The van der Waals surface area contributed by atoms with Gasteiger partial charge in [0.15, 0.2) is 24.0 Å². The van der Waals surface area contributed by atoms with Crippen molar-refractivity contribution in [2.24, 2.45) is 0 Å². The van der Waals surface area contributed by atoms with Crippen LogP contribution < -0.4 is 0 Å². The zero-order valence-corrected chi connectivity index (χ0v) is 16.2. The summed E-state index contributed by atoms with van der Waals surface area (Å²) >= 11 is 0. The molecule has 5 nitrogen and oxygen atoms in total. The van der Waals surface area contributed by atoms with E-state index >= 15 is 0 Å². The molecule has 0 heterocycles. The van der Waals surface area contributed by atoms with E-state index in [1.54, 1.807) is 12.1 Å². The van der Waals surface area contributed by atoms with Crippen LogP contribution in [0.3, 0.4) is 0 Å². The van der Waals surface area contributed by atoms with Gasteiger partial charge in [0.2, 0.25) is 0 Å². The molecule has 0 bridgehead atoms. The Labute approximate surface area is 179 Å². The molecule has 3 aromatic carbocycles. The Kier molecular flexibility index (Phi) is 5.22. The largest absolute Gasteiger partial charge is 0.454 e. The third-order valence-corrected chi connectivity index (χ3v) is 5.02. The fourth-order valence-electron chi connectivity index (χ4n) is 3.48. The van der Waals surface area contributed by atoms with Crippen LogP contribution >= 0.6 is 0 Å². The summed E-state index contributed by atoms with van der Waals surface area (Å²) in [4.78, 5) is 50.6. The van der Waals surface area contributed by atoms with Crippen molar-refractivity contribution in [1.29, 1.82) is 0 Å². The molecule has 0 amide bonds. The second-order valence-electron chi connectivity index (χ2n) is 7.01. The van der Waals surface area contributed by atoms with Crippen LogP contribution in [0.2, 0.25) is 0 Å². The van der Waals surface area contributed by atoms with Crippen molar-refractivity contribution < 1.29 is 37.1 Å². The molecule has 0 unspecified atom stereocenters. The van der Waals surface area contributed by atoms with Gasteiger partial charge in [-0.2, -0.15) is 13.2 Å². The van der Waals surface area contributed by atoms with Crippen LogP contribution in [0.25, 0.3) is 0 Å². The summed E-state index contributed by atoms with van der Waals surface area (Å²) in [5.41, 5.74) is -1.22. The number of rotatable bonds is 4. The summed E-state index contributed by atoms with van der Waals surface area (Å²) in [6.07, 6.45) is -4.63. The van der Waals surface area contributed by atoms with Crippen LogP contribution in [0, 0.1) is 0 Å². The van der Waals surface area contributed by atoms with Gasteiger partial charge >= 0.3 is 12.1 Å². The van der Waals surface area contributed by atoms with Gasteiger partial charge in [0, 0.05) is 27.8 Å². The average molecular weight is 438 g/mol. The van der Waals surface area contributed by atoms with Gasteiger partial charge in [-0.05, 0) is 18.2 Å². The number of hydrogen-bond acceptors (Lipinski definition) is 5. The third-order valence-electron chi connectivity index (χ3n) is 5.02. The fourth-order valence-corrected chi connectivity index (χ4v) is 3.48. The molecule has 0 saturated carbocycles. The zero-order chi connectivity index (χ0) is 23.0. The second kappa shape index (κ2) is 7.88. The van der Waals surface area contributed by atoms with Gasteiger partial charge in [-0.3, -0.25) is 14.4 Å². The second-order valence-corrected chi connectivity index (χ2v) is 7.01. The predicted octanol–water partition coefficient (Wildman–Crippen LogP) is 4.52. The van der Waals surface area contributed by atoms with Gasteiger partial charge in [-0.25, -0.2) is 4.79 Å². The van der Waals surface area contributed by atoms with Gasteiger partial charge in [-0.15, -0.1) is 0 Å². The molecule has 32 heavy (non-hydrogen) atoms. The molecule has 8 heteroatoms. The summed E-state index contributed by atoms with van der Waals surface area (Å²) in [5, 5.41) is 0. The summed E-state index contributed by atoms with van der Waals surface area (Å²) in [6.45, 7) is -0.831. The molecule has 1 aliphatic rings. The lowest BCUT2D eigenvalue weighted by molar-refractivity contribution is -0.137. The number of alkyl halides is 3. The van der Waals surface area contributed by atoms with Crippen LogP contribution in [0.15, 0.2) is 66.7 Å². The monoisotopic (exact) mass is 438 g/mol. The van der Waals surface area contributed by atoms with Crippen LogP contribution in [0.4, 0.5) is 13.2 Å². The van der Waals surface area contributed by atoms with E-state index < -0.39 is 41.7 Å². The van der Waals surface area contributed by atoms with Crippen LogP contribution in [-0.4, -0.2) is 29.9 Å². The number of halogens is 3. The zero-order valence-electron chi connectivity index (χ0n) is 16.2. The van der Waals surface area contributed by atoms with Gasteiger partial charge < -0.3 is 4.74 Å². The van der Waals surface area contributed by atoms with Crippen molar-refractivity contribution in [2.75, 3.05) is 6.61 Å². The Morgan fingerprint density at radius 3 is 2.09 bits per heavy atom. The molecule has 0 N–H and O–H groups in total. The molecule has 0 fully saturated rings. The molecule has 4 rings (SSSR count). The number of ether oxygens (including phenoxy) is 1. The van der Waals surface area contributed by atoms with Crippen molar-refractivity contribution in [2.45, 2.75) is 6.18 Å². The van der Waals surface area contributed by atoms with Gasteiger partial charge in [-0.1, -0.05) is 48.5 Å². The first-order valence-corrected chi connectivity index (χ1v) is 9.37. The van der Waals surface area contributed by atoms with E-state index in [9.17, 15) is 32.3 Å². The number of Topliss-reactive ketones (excluding diaryl/α,β-unsaturated/α-hetero) is 1. The summed E-state index contributed by atoms with van der Waals surface area (Å²) < 4.78 is 43.5. The van der Waals surface area contributed by atoms with E-state index in [4.69, 9.17) is 4.74 Å². The molecular weight excluding hydrogens is 425 g/mol. The van der Waals surface area contributed by atoms with E-state index in [1.807, 2.05) is 0 Å². The number of carbonyl (C=O) groups is 4. The number of hydrogen-bond donors (Lipinski definition) is 0. The smallest absolute Gasteiger partial charge is 0.416 e. The number of carbonyl (C=O) groups excluding carboxylic acids is 4. The lowest BCUT2D eigenvalue weighted by Gasteiger charge is -2.19. The van der Waals surface area contributed by atoms with Crippen molar-refractivity contribution in [1.82, 2.24) is 0 Å². The summed E-state index contributed by atoms with van der Waals surface area (Å²) in [5.74, 6) is -2.85. The quantitative estimate of drug-likeness (QED) is 0.346. The molecule has 0 atom stereocenters. The SMILES string of the molecule is O=C(COC(=O)c1cccc2c1C(=O)c1ccccc1C2=O)c1cccc(C(F)(F)F)c1. The van der Waals surface area contributed by atoms with Crippen LogP contribution in [0.1, 0.15) is 58.1 Å². The Balaban J connectivity index is 1.58. The highest BCUT2D eigenvalue weighted by molar-refractivity contribution is 6.30. The van der Waals surface area contributed by atoms with Crippen LogP contribution in [-0.2, 0) is 10.9 Å². The van der Waals surface area contributed by atoms with E-state index in [-0.39, 0.29) is 33.4 Å². The van der Waals surface area contributed by atoms with E-state index in [1.165, 1.54) is 36.4 Å². The maximum Gasteiger partial charge on any atom is 0.416 e. The van der Waals surface area contributed by atoms with Crippen molar-refractivity contribution in [3.05, 3.63) is 106 Å². The van der Waals surface area contributed by atoms with Crippen molar-refractivity contribution in [3.8, 4) is 0 Å². The van der Waals surface area contributed by atoms with Crippen LogP contribution in [0.5, 0.6) is 0 Å². The Bertz CT molecular complexity index is 1290. The first-order chi connectivity index (χ1) is 15.2. The number of ketones is 3. The first-order valence-electron chi connectivity index (χ1n) is 9.37. The molecule has 3 aromatic rings. The minimum Gasteiger partial charge on any atom is -0.454 e. The molecule has 0 saturated heterocycles. The minimum atomic E-state index is -4.63. The number of esters is 1. The van der Waals surface area contributed by atoms with Gasteiger partial charge in [0.1, 0.15) is 0 Å². The lowest BCUT2D eigenvalue weighted by Crippen LogP contribution is -2.25. The number of benzene rings is 3. The Hall–Kier alpha value is -4.07. The maximum atomic E-state index is 12.9.